The fraction of sp³-hybridized carbons (Fsp3) is 0.714. The van der Waals surface area contributed by atoms with Crippen molar-refractivity contribution in [3.8, 4) is 0 Å². The Labute approximate surface area is 209 Å². The molecule has 4 amide bonds. The molecule has 206 valence electrons. The lowest BCUT2D eigenvalue weighted by Gasteiger charge is -2.25. The minimum atomic E-state index is -1.39. The molecule has 0 spiro atoms. The number of amides is 4. The van der Waals surface area contributed by atoms with Crippen LogP contribution in [0.4, 0.5) is 0 Å². The number of nitrogens with two attached hydrogens (primary N) is 4. The van der Waals surface area contributed by atoms with Gasteiger partial charge in [0, 0.05) is 6.42 Å². The van der Waals surface area contributed by atoms with Gasteiger partial charge in [0.2, 0.25) is 23.6 Å². The predicted molar refractivity (Wildman–Crippen MR) is 128 cm³/mol. The smallest absolute Gasteiger partial charge is 0.326 e. The lowest BCUT2D eigenvalue weighted by molar-refractivity contribution is -0.143. The third-order valence-electron chi connectivity index (χ3n) is 5.18. The second-order valence-corrected chi connectivity index (χ2v) is 8.30. The van der Waals surface area contributed by atoms with Crippen molar-refractivity contribution >= 4 is 35.6 Å². The molecule has 0 rings (SSSR count). The molecular weight excluding hydrogens is 478 g/mol. The maximum absolute atomic E-state index is 13.0. The fourth-order valence-corrected chi connectivity index (χ4v) is 3.18. The standard InChI is InChI=1S/C21H39N7O8/c22-9-3-1-5-13(26-18(32)12(24)11-16(25)29)19(33)27-14(7-8-17(30)31)20(34)28-15(21(35)36)6-2-4-10-23/h12-15H,1-11,22-24H2,(H2,25,29)(H,26,32)(H,27,33)(H,28,34)(H,30,31)(H,35,36). The molecule has 0 aliphatic carbocycles. The number of hydrogen-bond acceptors (Lipinski definition) is 9. The summed E-state index contributed by atoms with van der Waals surface area (Å²) in [7, 11) is 0. The summed E-state index contributed by atoms with van der Waals surface area (Å²) in [5, 5.41) is 25.5. The van der Waals surface area contributed by atoms with Crippen molar-refractivity contribution in [1.29, 1.82) is 0 Å². The van der Waals surface area contributed by atoms with E-state index in [2.05, 4.69) is 16.0 Å². The summed E-state index contributed by atoms with van der Waals surface area (Å²) in [5.74, 6) is -5.86. The summed E-state index contributed by atoms with van der Waals surface area (Å²) < 4.78 is 0. The molecule has 0 aromatic carbocycles. The summed E-state index contributed by atoms with van der Waals surface area (Å²) in [6.07, 6.45) is 0.862. The first-order valence-electron chi connectivity index (χ1n) is 11.7. The van der Waals surface area contributed by atoms with Crippen molar-refractivity contribution in [3.05, 3.63) is 0 Å². The highest BCUT2D eigenvalue weighted by Crippen LogP contribution is 2.07. The molecule has 13 N–H and O–H groups in total. The number of carbonyl (C=O) groups is 6. The van der Waals surface area contributed by atoms with Crippen molar-refractivity contribution in [1.82, 2.24) is 16.0 Å². The van der Waals surface area contributed by atoms with Gasteiger partial charge in [0.1, 0.15) is 18.1 Å². The Morgan fingerprint density at radius 1 is 0.667 bits per heavy atom. The first-order valence-corrected chi connectivity index (χ1v) is 11.7. The van der Waals surface area contributed by atoms with Crippen LogP contribution in [0.5, 0.6) is 0 Å². The van der Waals surface area contributed by atoms with Gasteiger partial charge in [-0.1, -0.05) is 0 Å². The second kappa shape index (κ2) is 18.0. The van der Waals surface area contributed by atoms with Crippen molar-refractivity contribution in [3.63, 3.8) is 0 Å². The van der Waals surface area contributed by atoms with Gasteiger partial charge >= 0.3 is 11.9 Å². The quantitative estimate of drug-likeness (QED) is 0.0726. The van der Waals surface area contributed by atoms with E-state index in [9.17, 15) is 33.9 Å². The number of unbranched alkanes of at least 4 members (excludes halogenated alkanes) is 2. The third-order valence-corrected chi connectivity index (χ3v) is 5.18. The van der Waals surface area contributed by atoms with E-state index in [0.29, 0.717) is 38.8 Å². The molecule has 0 fully saturated rings. The minimum absolute atomic E-state index is 0.0907. The number of hydrogen-bond donors (Lipinski definition) is 9. The SMILES string of the molecule is NCCCCC(NC(=O)C(CCC(=O)O)NC(=O)C(CCCCN)NC(=O)C(N)CC(N)=O)C(=O)O. The van der Waals surface area contributed by atoms with E-state index in [0.717, 1.165) is 0 Å². The monoisotopic (exact) mass is 517 g/mol. The summed E-state index contributed by atoms with van der Waals surface area (Å²) in [4.78, 5) is 71.7. The van der Waals surface area contributed by atoms with Crippen LogP contribution in [-0.4, -0.2) is 83.0 Å². The van der Waals surface area contributed by atoms with Crippen LogP contribution in [0, 0.1) is 0 Å². The van der Waals surface area contributed by atoms with Gasteiger partial charge in [-0.3, -0.25) is 24.0 Å². The molecule has 0 aromatic heterocycles. The average molecular weight is 518 g/mol. The molecule has 0 bridgehead atoms. The first-order chi connectivity index (χ1) is 16.9. The lowest BCUT2D eigenvalue weighted by atomic mass is 10.0. The predicted octanol–water partition coefficient (Wildman–Crippen LogP) is -3.15. The molecule has 15 heteroatoms. The van der Waals surface area contributed by atoms with E-state index in [1.165, 1.54) is 0 Å². The van der Waals surface area contributed by atoms with E-state index >= 15 is 0 Å². The van der Waals surface area contributed by atoms with Gasteiger partial charge in [0.05, 0.1) is 12.5 Å². The number of aliphatic carboxylic acids is 2. The highest BCUT2D eigenvalue weighted by Gasteiger charge is 2.30. The maximum atomic E-state index is 13.0. The van der Waals surface area contributed by atoms with Crippen LogP contribution in [0.15, 0.2) is 0 Å². The fourth-order valence-electron chi connectivity index (χ4n) is 3.18. The van der Waals surface area contributed by atoms with Crippen LogP contribution in [0.2, 0.25) is 0 Å². The molecule has 0 saturated heterocycles. The van der Waals surface area contributed by atoms with Crippen LogP contribution >= 0.6 is 0 Å². The zero-order chi connectivity index (χ0) is 27.7. The van der Waals surface area contributed by atoms with Crippen LogP contribution in [0.1, 0.15) is 57.8 Å². The molecule has 0 aliphatic heterocycles. The third kappa shape index (κ3) is 14.2. The highest BCUT2D eigenvalue weighted by molar-refractivity contribution is 5.95. The van der Waals surface area contributed by atoms with Gasteiger partial charge in [-0.15, -0.1) is 0 Å². The van der Waals surface area contributed by atoms with Gasteiger partial charge in [0.15, 0.2) is 0 Å². The van der Waals surface area contributed by atoms with Gasteiger partial charge in [-0.2, -0.15) is 0 Å². The zero-order valence-corrected chi connectivity index (χ0v) is 20.2. The lowest BCUT2D eigenvalue weighted by Crippen LogP contribution is -2.57. The van der Waals surface area contributed by atoms with E-state index in [1.54, 1.807) is 0 Å². The van der Waals surface area contributed by atoms with Crippen molar-refractivity contribution in [2.75, 3.05) is 13.1 Å². The minimum Gasteiger partial charge on any atom is -0.481 e. The summed E-state index contributed by atoms with van der Waals surface area (Å²) in [6.45, 7) is 0.672. The van der Waals surface area contributed by atoms with Gasteiger partial charge in [0.25, 0.3) is 0 Å². The second-order valence-electron chi connectivity index (χ2n) is 8.30. The first kappa shape index (κ1) is 32.7. The Hall–Kier alpha value is -3.30. The molecule has 0 heterocycles. The van der Waals surface area contributed by atoms with Crippen LogP contribution in [0.25, 0.3) is 0 Å². The average Bonchev–Trinajstić information content (AvgIpc) is 2.79. The van der Waals surface area contributed by atoms with E-state index < -0.39 is 72.6 Å². The van der Waals surface area contributed by atoms with Crippen molar-refractivity contribution in [2.24, 2.45) is 22.9 Å². The largest absolute Gasteiger partial charge is 0.481 e. The van der Waals surface area contributed by atoms with Crippen LogP contribution in [0.3, 0.4) is 0 Å². The number of rotatable bonds is 20. The summed E-state index contributed by atoms with van der Waals surface area (Å²) in [6, 6.07) is -5.13. The Bertz CT molecular complexity index is 765. The Morgan fingerprint density at radius 3 is 1.56 bits per heavy atom. The number of nitrogens with one attached hydrogen (secondary N) is 3. The number of carboxylic acid groups (broad SMARTS) is 2. The molecule has 0 radical (unpaired) electrons. The van der Waals surface area contributed by atoms with Crippen LogP contribution in [-0.2, 0) is 28.8 Å². The number of primary amides is 1. The molecule has 0 aromatic rings. The van der Waals surface area contributed by atoms with Crippen LogP contribution < -0.4 is 38.9 Å². The van der Waals surface area contributed by atoms with E-state index in [4.69, 9.17) is 28.0 Å². The molecule has 0 saturated carbocycles. The molecule has 15 nitrogen and oxygen atoms in total. The molecule has 4 atom stereocenters. The number of carboxylic acids is 2. The number of carbonyl (C=O) groups excluding carboxylic acids is 4. The summed E-state index contributed by atoms with van der Waals surface area (Å²) >= 11 is 0. The Balaban J connectivity index is 5.55. The van der Waals surface area contributed by atoms with E-state index in [1.807, 2.05) is 0 Å². The molecule has 4 unspecified atom stereocenters. The zero-order valence-electron chi connectivity index (χ0n) is 20.2. The topological polar surface area (TPSA) is 283 Å². The normalized spacial score (nSPS) is 14.1. The van der Waals surface area contributed by atoms with Gasteiger partial charge < -0.3 is 49.1 Å². The van der Waals surface area contributed by atoms with Gasteiger partial charge in [-0.05, 0) is 58.0 Å². The Kier molecular flexibility index (Phi) is 16.4. The maximum Gasteiger partial charge on any atom is 0.326 e. The molecule has 0 aliphatic rings. The van der Waals surface area contributed by atoms with Crippen molar-refractivity contribution < 1.29 is 39.0 Å². The van der Waals surface area contributed by atoms with Gasteiger partial charge in [-0.25, -0.2) is 4.79 Å². The van der Waals surface area contributed by atoms with E-state index in [-0.39, 0.29) is 19.3 Å². The molecular formula is C21H39N7O8. The van der Waals surface area contributed by atoms with Crippen molar-refractivity contribution in [2.45, 2.75) is 82.0 Å². The highest BCUT2D eigenvalue weighted by atomic mass is 16.4. The molecule has 36 heavy (non-hydrogen) atoms. The summed E-state index contributed by atoms with van der Waals surface area (Å²) in [5.41, 5.74) is 21.6. The Morgan fingerprint density at radius 2 is 1.11 bits per heavy atom.